The normalized spacial score (nSPS) is 16.6. The number of fused-ring (bicyclic) bond motifs is 1. The molecule has 2 aromatic rings. The lowest BCUT2D eigenvalue weighted by atomic mass is 9.74. The summed E-state index contributed by atoms with van der Waals surface area (Å²) in [5.74, 6) is 0.706. The molecule has 0 aliphatic heterocycles. The summed E-state index contributed by atoms with van der Waals surface area (Å²) in [5, 5.41) is 0. The van der Waals surface area contributed by atoms with Gasteiger partial charge in [-0.05, 0) is 48.4 Å². The van der Waals surface area contributed by atoms with Gasteiger partial charge in [-0.25, -0.2) is 0 Å². The van der Waals surface area contributed by atoms with Crippen LogP contribution < -0.4 is 0 Å². The van der Waals surface area contributed by atoms with Crippen LogP contribution in [0.3, 0.4) is 0 Å². The molecule has 2 aromatic carbocycles. The second-order valence-electron chi connectivity index (χ2n) is 5.49. The quantitative estimate of drug-likeness (QED) is 0.745. The van der Waals surface area contributed by atoms with Crippen LogP contribution in [0.4, 0.5) is 0 Å². The zero-order valence-corrected chi connectivity index (χ0v) is 11.4. The summed E-state index contributed by atoms with van der Waals surface area (Å²) in [6, 6.07) is 14.5. The zero-order valence-electron chi connectivity index (χ0n) is 11.4. The van der Waals surface area contributed by atoms with Crippen LogP contribution in [0.2, 0.25) is 0 Å². The molecule has 96 valence electrons. The summed E-state index contributed by atoms with van der Waals surface area (Å²) in [5.41, 5.74) is 5.88. The summed E-state index contributed by atoms with van der Waals surface area (Å²) >= 11 is 0. The number of ketones is 1. The standard InChI is InChI=1S/C18H18O/c1-12-6-5-7-13(2)18(12)17(19)11-15-10-14-8-3-4-9-16(14)15/h3-9,15H,10-11H2,1-2H3. The highest BCUT2D eigenvalue weighted by atomic mass is 16.1. The van der Waals surface area contributed by atoms with E-state index >= 15 is 0 Å². The highest BCUT2D eigenvalue weighted by Crippen LogP contribution is 2.38. The first-order valence-corrected chi connectivity index (χ1v) is 6.84. The van der Waals surface area contributed by atoms with Gasteiger partial charge in [-0.15, -0.1) is 0 Å². The number of Topliss-reactive ketones (excluding diaryl/α,β-unsaturated/α-hetero) is 1. The molecule has 0 spiro atoms. The van der Waals surface area contributed by atoms with Crippen molar-refractivity contribution >= 4 is 5.78 Å². The Morgan fingerprint density at radius 3 is 2.42 bits per heavy atom. The predicted octanol–water partition coefficient (Wildman–Crippen LogP) is 4.22. The van der Waals surface area contributed by atoms with Crippen LogP contribution in [0.25, 0.3) is 0 Å². The molecular weight excluding hydrogens is 232 g/mol. The Hall–Kier alpha value is -1.89. The maximum atomic E-state index is 12.5. The molecule has 3 rings (SSSR count). The largest absolute Gasteiger partial charge is 0.294 e. The molecule has 1 atom stereocenters. The van der Waals surface area contributed by atoms with E-state index in [9.17, 15) is 4.79 Å². The third-order valence-corrected chi connectivity index (χ3v) is 4.15. The second-order valence-corrected chi connectivity index (χ2v) is 5.49. The monoisotopic (exact) mass is 250 g/mol. The van der Waals surface area contributed by atoms with Crippen molar-refractivity contribution in [3.63, 3.8) is 0 Å². The van der Waals surface area contributed by atoms with E-state index in [2.05, 4.69) is 24.3 Å². The van der Waals surface area contributed by atoms with E-state index in [0.717, 1.165) is 23.1 Å². The second kappa shape index (κ2) is 4.65. The Labute approximate surface area is 114 Å². The Balaban J connectivity index is 1.81. The van der Waals surface area contributed by atoms with Crippen molar-refractivity contribution in [2.45, 2.75) is 32.6 Å². The first-order valence-electron chi connectivity index (χ1n) is 6.84. The van der Waals surface area contributed by atoms with E-state index in [0.29, 0.717) is 12.3 Å². The van der Waals surface area contributed by atoms with Gasteiger partial charge in [0.2, 0.25) is 0 Å². The van der Waals surface area contributed by atoms with Gasteiger partial charge in [0.25, 0.3) is 0 Å². The highest BCUT2D eigenvalue weighted by molar-refractivity contribution is 5.99. The molecule has 1 aliphatic carbocycles. The molecule has 1 nitrogen and oxygen atoms in total. The lowest BCUT2D eigenvalue weighted by Crippen LogP contribution is -2.20. The van der Waals surface area contributed by atoms with Crippen LogP contribution in [0.1, 0.15) is 45.0 Å². The van der Waals surface area contributed by atoms with Crippen molar-refractivity contribution in [3.8, 4) is 0 Å². The fourth-order valence-electron chi connectivity index (χ4n) is 3.12. The average Bonchev–Trinajstić information content (AvgIpc) is 2.36. The van der Waals surface area contributed by atoms with Gasteiger partial charge in [-0.1, -0.05) is 42.5 Å². The Kier molecular flexibility index (Phi) is 2.98. The van der Waals surface area contributed by atoms with Crippen molar-refractivity contribution in [2.75, 3.05) is 0 Å². The highest BCUT2D eigenvalue weighted by Gasteiger charge is 2.28. The molecule has 19 heavy (non-hydrogen) atoms. The van der Waals surface area contributed by atoms with E-state index in [1.165, 1.54) is 11.1 Å². The van der Waals surface area contributed by atoms with Crippen LogP contribution >= 0.6 is 0 Å². The molecule has 0 bridgehead atoms. The minimum absolute atomic E-state index is 0.287. The summed E-state index contributed by atoms with van der Waals surface area (Å²) < 4.78 is 0. The minimum atomic E-state index is 0.287. The number of aryl methyl sites for hydroxylation is 2. The van der Waals surface area contributed by atoms with Gasteiger partial charge in [-0.2, -0.15) is 0 Å². The first kappa shape index (κ1) is 12.2. The molecule has 0 amide bonds. The lowest BCUT2D eigenvalue weighted by Gasteiger charge is -2.29. The van der Waals surface area contributed by atoms with Crippen molar-refractivity contribution in [3.05, 3.63) is 70.3 Å². The van der Waals surface area contributed by atoms with Crippen LogP contribution in [0.5, 0.6) is 0 Å². The third kappa shape index (κ3) is 2.10. The van der Waals surface area contributed by atoms with Gasteiger partial charge in [0, 0.05) is 12.0 Å². The average molecular weight is 250 g/mol. The van der Waals surface area contributed by atoms with E-state index in [1.54, 1.807) is 0 Å². The van der Waals surface area contributed by atoms with Gasteiger partial charge in [0.1, 0.15) is 0 Å². The molecule has 0 N–H and O–H groups in total. The van der Waals surface area contributed by atoms with Crippen molar-refractivity contribution < 1.29 is 4.79 Å². The SMILES string of the molecule is Cc1cccc(C)c1C(=O)CC1Cc2ccccc21. The lowest BCUT2D eigenvalue weighted by molar-refractivity contribution is 0.0969. The summed E-state index contributed by atoms with van der Waals surface area (Å²) in [4.78, 5) is 12.5. The van der Waals surface area contributed by atoms with E-state index in [4.69, 9.17) is 0 Å². The predicted molar refractivity (Wildman–Crippen MR) is 77.8 cm³/mol. The topological polar surface area (TPSA) is 17.1 Å². The number of rotatable bonds is 3. The molecular formula is C18H18O. The Morgan fingerprint density at radius 2 is 1.74 bits per heavy atom. The number of hydrogen-bond donors (Lipinski definition) is 0. The molecule has 1 aliphatic rings. The molecule has 0 saturated carbocycles. The fourth-order valence-corrected chi connectivity index (χ4v) is 3.12. The molecule has 1 heteroatoms. The van der Waals surface area contributed by atoms with Crippen LogP contribution in [-0.4, -0.2) is 5.78 Å². The van der Waals surface area contributed by atoms with Crippen LogP contribution in [0.15, 0.2) is 42.5 Å². The number of carbonyl (C=O) groups excluding carboxylic acids is 1. The van der Waals surface area contributed by atoms with E-state index in [1.807, 2.05) is 32.0 Å². The number of carbonyl (C=O) groups is 1. The summed E-state index contributed by atoms with van der Waals surface area (Å²) in [7, 11) is 0. The number of hydrogen-bond acceptors (Lipinski definition) is 1. The van der Waals surface area contributed by atoms with Gasteiger partial charge in [-0.3, -0.25) is 4.79 Å². The third-order valence-electron chi connectivity index (χ3n) is 4.15. The van der Waals surface area contributed by atoms with Crippen LogP contribution in [-0.2, 0) is 6.42 Å². The van der Waals surface area contributed by atoms with Crippen LogP contribution in [0, 0.1) is 13.8 Å². The summed E-state index contributed by atoms with van der Waals surface area (Å²) in [6.45, 7) is 4.05. The molecule has 0 radical (unpaired) electrons. The minimum Gasteiger partial charge on any atom is -0.294 e. The van der Waals surface area contributed by atoms with Crippen molar-refractivity contribution in [2.24, 2.45) is 0 Å². The summed E-state index contributed by atoms with van der Waals surface area (Å²) in [6.07, 6.45) is 1.69. The molecule has 0 heterocycles. The van der Waals surface area contributed by atoms with Crippen molar-refractivity contribution in [1.29, 1.82) is 0 Å². The Bertz CT molecular complexity index is 620. The zero-order chi connectivity index (χ0) is 13.4. The van der Waals surface area contributed by atoms with E-state index < -0.39 is 0 Å². The molecule has 0 fully saturated rings. The van der Waals surface area contributed by atoms with Gasteiger partial charge < -0.3 is 0 Å². The maximum Gasteiger partial charge on any atom is 0.164 e. The smallest absolute Gasteiger partial charge is 0.164 e. The van der Waals surface area contributed by atoms with Gasteiger partial charge in [0.05, 0.1) is 0 Å². The first-order chi connectivity index (χ1) is 9.16. The Morgan fingerprint density at radius 1 is 1.05 bits per heavy atom. The molecule has 1 unspecified atom stereocenters. The molecule has 0 aromatic heterocycles. The van der Waals surface area contributed by atoms with Gasteiger partial charge in [0.15, 0.2) is 5.78 Å². The van der Waals surface area contributed by atoms with Crippen molar-refractivity contribution in [1.82, 2.24) is 0 Å². The van der Waals surface area contributed by atoms with Gasteiger partial charge >= 0.3 is 0 Å². The number of benzene rings is 2. The maximum absolute atomic E-state index is 12.5. The fraction of sp³-hybridized carbons (Fsp3) is 0.278. The van der Waals surface area contributed by atoms with E-state index in [-0.39, 0.29) is 5.78 Å². The molecule has 0 saturated heterocycles.